The fraction of sp³-hybridized carbons (Fsp3) is 0.200. The summed E-state index contributed by atoms with van der Waals surface area (Å²) in [4.78, 5) is 0. The highest BCUT2D eigenvalue weighted by molar-refractivity contribution is 7.91. The maximum absolute atomic E-state index is 11.9. The molecule has 0 aliphatic heterocycles. The van der Waals surface area contributed by atoms with Crippen molar-refractivity contribution in [1.82, 2.24) is 4.72 Å². The summed E-state index contributed by atoms with van der Waals surface area (Å²) in [6, 6.07) is 3.36. The molecule has 0 bridgehead atoms. The first-order valence-corrected chi connectivity index (χ1v) is 8.11. The molecule has 0 spiro atoms. The molecule has 0 amide bonds. The van der Waals surface area contributed by atoms with Crippen LogP contribution in [0.4, 0.5) is 0 Å². The van der Waals surface area contributed by atoms with E-state index < -0.39 is 10.0 Å². The summed E-state index contributed by atoms with van der Waals surface area (Å²) in [5.41, 5.74) is 1.56. The Morgan fingerprint density at radius 3 is 2.71 bits per heavy atom. The van der Waals surface area contributed by atoms with Gasteiger partial charge >= 0.3 is 0 Å². The van der Waals surface area contributed by atoms with E-state index in [-0.39, 0.29) is 17.4 Å². The first-order valence-electron chi connectivity index (χ1n) is 4.81. The maximum Gasteiger partial charge on any atom is 0.250 e. The average Bonchev–Trinajstić information content (AvgIpc) is 2.98. The van der Waals surface area contributed by atoms with Crippen LogP contribution in [0.25, 0.3) is 0 Å². The summed E-state index contributed by atoms with van der Waals surface area (Å²) in [5, 5.41) is 14.3. The molecule has 0 atom stereocenters. The molecule has 0 aliphatic carbocycles. The minimum Gasteiger partial charge on any atom is -0.392 e. The predicted molar refractivity (Wildman–Crippen MR) is 68.6 cm³/mol. The summed E-state index contributed by atoms with van der Waals surface area (Å²) in [6.45, 7) is 0.148. The van der Waals surface area contributed by atoms with Gasteiger partial charge in [0.15, 0.2) is 0 Å². The quantitative estimate of drug-likeness (QED) is 0.881. The molecule has 4 nitrogen and oxygen atoms in total. The SMILES string of the molecule is O=S(=O)(NCc1ccsc1)c1cc(CO)cs1. The van der Waals surface area contributed by atoms with Crippen LogP contribution in [0.15, 0.2) is 32.5 Å². The highest BCUT2D eigenvalue weighted by Crippen LogP contribution is 2.20. The summed E-state index contributed by atoms with van der Waals surface area (Å²) in [5.74, 6) is 0. The van der Waals surface area contributed by atoms with Crippen LogP contribution in [-0.2, 0) is 23.2 Å². The lowest BCUT2D eigenvalue weighted by Gasteiger charge is -2.02. The van der Waals surface area contributed by atoms with Crippen LogP contribution in [0, 0.1) is 0 Å². The molecule has 92 valence electrons. The van der Waals surface area contributed by atoms with Crippen molar-refractivity contribution in [3.8, 4) is 0 Å². The molecule has 0 radical (unpaired) electrons. The second-order valence-corrected chi connectivity index (χ2v) is 7.07. The van der Waals surface area contributed by atoms with Crippen molar-refractivity contribution >= 4 is 32.7 Å². The van der Waals surface area contributed by atoms with E-state index in [1.807, 2.05) is 16.8 Å². The van der Waals surface area contributed by atoms with Gasteiger partial charge in [-0.25, -0.2) is 13.1 Å². The molecule has 7 heteroatoms. The van der Waals surface area contributed by atoms with Crippen molar-refractivity contribution in [2.45, 2.75) is 17.4 Å². The van der Waals surface area contributed by atoms with E-state index in [0.717, 1.165) is 16.9 Å². The normalized spacial score (nSPS) is 11.8. The zero-order valence-corrected chi connectivity index (χ0v) is 11.2. The largest absolute Gasteiger partial charge is 0.392 e. The molecule has 0 aromatic carbocycles. The van der Waals surface area contributed by atoms with Gasteiger partial charge in [-0.3, -0.25) is 0 Å². The first-order chi connectivity index (χ1) is 8.12. The van der Waals surface area contributed by atoms with Gasteiger partial charge in [-0.1, -0.05) is 0 Å². The third kappa shape index (κ3) is 3.14. The van der Waals surface area contributed by atoms with Crippen molar-refractivity contribution in [1.29, 1.82) is 0 Å². The van der Waals surface area contributed by atoms with Crippen LogP contribution < -0.4 is 4.72 Å². The minimum atomic E-state index is -3.46. The number of hydrogen-bond acceptors (Lipinski definition) is 5. The Bertz CT molecular complexity index is 572. The summed E-state index contributed by atoms with van der Waals surface area (Å²) < 4.78 is 26.5. The number of aliphatic hydroxyl groups excluding tert-OH is 1. The molecule has 17 heavy (non-hydrogen) atoms. The topological polar surface area (TPSA) is 66.4 Å². The Balaban J connectivity index is 2.08. The molecule has 2 N–H and O–H groups in total. The molecule has 0 unspecified atom stereocenters. The first kappa shape index (κ1) is 12.7. The van der Waals surface area contributed by atoms with E-state index in [2.05, 4.69) is 4.72 Å². The zero-order chi connectivity index (χ0) is 12.3. The number of thiophene rings is 2. The predicted octanol–water partition coefficient (Wildman–Crippen LogP) is 1.78. The summed E-state index contributed by atoms with van der Waals surface area (Å²) >= 11 is 2.64. The fourth-order valence-electron chi connectivity index (χ4n) is 1.22. The molecule has 0 aliphatic rings. The molecule has 2 aromatic heterocycles. The standard InChI is InChI=1S/C10H11NO3S3/c12-5-9-3-10(16-7-9)17(13,14)11-4-8-1-2-15-6-8/h1-3,6-7,11-12H,4-5H2. The van der Waals surface area contributed by atoms with E-state index in [0.29, 0.717) is 5.56 Å². The number of rotatable bonds is 5. The van der Waals surface area contributed by atoms with E-state index >= 15 is 0 Å². The Hall–Kier alpha value is -0.730. The van der Waals surface area contributed by atoms with Gasteiger partial charge in [-0.2, -0.15) is 11.3 Å². The lowest BCUT2D eigenvalue weighted by molar-refractivity contribution is 0.282. The van der Waals surface area contributed by atoms with Crippen molar-refractivity contribution in [2.24, 2.45) is 0 Å². The van der Waals surface area contributed by atoms with Gasteiger partial charge in [0.05, 0.1) is 6.61 Å². The van der Waals surface area contributed by atoms with Crippen LogP contribution in [-0.4, -0.2) is 13.5 Å². The van der Waals surface area contributed by atoms with Crippen molar-refractivity contribution < 1.29 is 13.5 Å². The van der Waals surface area contributed by atoms with Crippen LogP contribution in [0.2, 0.25) is 0 Å². The van der Waals surface area contributed by atoms with E-state index in [1.54, 1.807) is 5.38 Å². The third-order valence-corrected chi connectivity index (χ3v) is 5.75. The molecule has 2 heterocycles. The van der Waals surface area contributed by atoms with E-state index in [1.165, 1.54) is 17.4 Å². The smallest absolute Gasteiger partial charge is 0.250 e. The number of aliphatic hydroxyl groups is 1. The van der Waals surface area contributed by atoms with Gasteiger partial charge in [0.1, 0.15) is 4.21 Å². The van der Waals surface area contributed by atoms with Crippen LogP contribution in [0.1, 0.15) is 11.1 Å². The Kier molecular flexibility index (Phi) is 3.95. The average molecular weight is 289 g/mol. The molecule has 0 fully saturated rings. The van der Waals surface area contributed by atoms with Gasteiger partial charge in [0.25, 0.3) is 0 Å². The van der Waals surface area contributed by atoms with E-state index in [9.17, 15) is 8.42 Å². The van der Waals surface area contributed by atoms with Gasteiger partial charge in [-0.15, -0.1) is 11.3 Å². The molecule has 2 aromatic rings. The highest BCUT2D eigenvalue weighted by atomic mass is 32.2. The second kappa shape index (κ2) is 5.28. The number of sulfonamides is 1. The Morgan fingerprint density at radius 2 is 2.12 bits per heavy atom. The monoisotopic (exact) mass is 289 g/mol. The Labute approximate surface area is 108 Å². The van der Waals surface area contributed by atoms with Crippen LogP contribution in [0.5, 0.6) is 0 Å². The van der Waals surface area contributed by atoms with Crippen molar-refractivity contribution in [3.05, 3.63) is 39.4 Å². The molecular weight excluding hydrogens is 278 g/mol. The number of hydrogen-bond donors (Lipinski definition) is 2. The number of nitrogens with one attached hydrogen (secondary N) is 1. The fourth-order valence-corrected chi connectivity index (χ4v) is 4.15. The van der Waals surface area contributed by atoms with E-state index in [4.69, 9.17) is 5.11 Å². The van der Waals surface area contributed by atoms with Gasteiger partial charge in [-0.05, 0) is 39.4 Å². The summed E-state index contributed by atoms with van der Waals surface area (Å²) in [7, 11) is -3.46. The summed E-state index contributed by atoms with van der Waals surface area (Å²) in [6.07, 6.45) is 0. The molecular formula is C10H11NO3S3. The van der Waals surface area contributed by atoms with Crippen LogP contribution >= 0.6 is 22.7 Å². The lowest BCUT2D eigenvalue weighted by atomic mass is 10.4. The molecule has 0 saturated carbocycles. The van der Waals surface area contributed by atoms with Crippen LogP contribution in [0.3, 0.4) is 0 Å². The Morgan fingerprint density at radius 1 is 1.29 bits per heavy atom. The molecule has 0 saturated heterocycles. The maximum atomic E-state index is 11.9. The zero-order valence-electron chi connectivity index (χ0n) is 8.79. The third-order valence-electron chi connectivity index (χ3n) is 2.12. The lowest BCUT2D eigenvalue weighted by Crippen LogP contribution is -2.22. The van der Waals surface area contributed by atoms with Gasteiger partial charge < -0.3 is 5.11 Å². The van der Waals surface area contributed by atoms with Crippen molar-refractivity contribution in [2.75, 3.05) is 0 Å². The van der Waals surface area contributed by atoms with Gasteiger partial charge in [0.2, 0.25) is 10.0 Å². The highest BCUT2D eigenvalue weighted by Gasteiger charge is 2.16. The minimum absolute atomic E-state index is 0.142. The van der Waals surface area contributed by atoms with Gasteiger partial charge in [0, 0.05) is 6.54 Å². The molecule has 2 rings (SSSR count). The second-order valence-electron chi connectivity index (χ2n) is 3.39. The van der Waals surface area contributed by atoms with Crippen molar-refractivity contribution in [3.63, 3.8) is 0 Å².